The van der Waals surface area contributed by atoms with Crippen molar-refractivity contribution in [3.8, 4) is 35.0 Å². The Morgan fingerprint density at radius 1 is 1.05 bits per heavy atom. The van der Waals surface area contributed by atoms with Gasteiger partial charge in [0, 0.05) is 44.6 Å². The highest BCUT2D eigenvalue weighted by Gasteiger charge is 2.47. The number of ketones is 1. The normalized spacial score (nSPS) is 26.9. The molecule has 1 heterocycles. The van der Waals surface area contributed by atoms with Crippen molar-refractivity contribution < 1.29 is 34.3 Å². The molecular weight excluding hydrogens is 747 g/mol. The average Bonchev–Trinajstić information content (AvgIpc) is 3.83. The first-order chi connectivity index (χ1) is 28.5. The number of phenols is 2. The molecule has 1 aliphatic heterocycles. The molecule has 4 aliphatic rings. The number of nitrogens with zero attached hydrogens (tertiary/aromatic N) is 1. The van der Waals surface area contributed by atoms with Gasteiger partial charge in [0.25, 0.3) is 0 Å². The van der Waals surface area contributed by atoms with Crippen molar-refractivity contribution in [1.29, 1.82) is 0 Å². The number of benzene rings is 2. The molecule has 322 valence electrons. The van der Waals surface area contributed by atoms with E-state index in [0.29, 0.717) is 74.4 Å². The second-order valence-corrected chi connectivity index (χ2v) is 17.4. The van der Waals surface area contributed by atoms with Crippen LogP contribution in [-0.4, -0.2) is 85.4 Å². The first-order valence-corrected chi connectivity index (χ1v) is 21.8. The molecule has 3 saturated carbocycles. The van der Waals surface area contributed by atoms with Gasteiger partial charge in [0.1, 0.15) is 11.3 Å². The van der Waals surface area contributed by atoms with Crippen LogP contribution in [0.25, 0.3) is 0 Å². The number of anilines is 1. The van der Waals surface area contributed by atoms with Crippen LogP contribution in [-0.2, 0) is 22.4 Å². The minimum atomic E-state index is -0.628. The number of allylic oxidation sites excluding steroid dienone is 2. The number of aryl methyl sites for hydroxylation is 1. The van der Waals surface area contributed by atoms with Gasteiger partial charge in [-0.15, -0.1) is 0 Å². The third kappa shape index (κ3) is 11.1. The number of aliphatic hydroxyl groups excluding tert-OH is 1. The van der Waals surface area contributed by atoms with Crippen molar-refractivity contribution in [2.75, 3.05) is 46.2 Å². The van der Waals surface area contributed by atoms with Gasteiger partial charge in [-0.1, -0.05) is 30.9 Å². The summed E-state index contributed by atoms with van der Waals surface area (Å²) in [6, 6.07) is 12.2. The monoisotopic (exact) mass is 814 g/mol. The summed E-state index contributed by atoms with van der Waals surface area (Å²) in [5.41, 5.74) is 0.823. The van der Waals surface area contributed by atoms with Crippen LogP contribution in [0.3, 0.4) is 0 Å². The average molecular weight is 814 g/mol. The maximum atomic E-state index is 14.3. The molecule has 5 atom stereocenters. The molecule has 59 heavy (non-hydrogen) atoms. The number of aliphatic imine (C=N–C) groups is 1. The minimum absolute atomic E-state index is 0.00350. The van der Waals surface area contributed by atoms with Crippen LogP contribution in [0, 0.1) is 29.2 Å². The molecule has 2 aromatic rings. The van der Waals surface area contributed by atoms with Gasteiger partial charge >= 0.3 is 0 Å². The Hall–Kier alpha value is -4.28. The lowest BCUT2D eigenvalue weighted by Gasteiger charge is -2.39. The van der Waals surface area contributed by atoms with Crippen LogP contribution in [0.5, 0.6) is 23.0 Å². The quantitative estimate of drug-likeness (QED) is 0.0615. The second-order valence-electron chi connectivity index (χ2n) is 17.4. The van der Waals surface area contributed by atoms with Crippen LogP contribution in [0.15, 0.2) is 47.5 Å². The fourth-order valence-electron chi connectivity index (χ4n) is 9.96. The van der Waals surface area contributed by atoms with Crippen molar-refractivity contribution in [1.82, 2.24) is 16.0 Å². The molecule has 5 unspecified atom stereocenters. The fourth-order valence-corrected chi connectivity index (χ4v) is 9.96. The smallest absolute Gasteiger partial charge is 0.207 e. The molecule has 0 saturated heterocycles. The number of fused-ring (bicyclic) bond motifs is 3. The van der Waals surface area contributed by atoms with E-state index in [-0.39, 0.29) is 28.9 Å². The third-order valence-corrected chi connectivity index (χ3v) is 13.1. The Labute approximate surface area is 351 Å². The standard InChI is InChI=1S/C47H67N5O7/c1-33(53)31-51-47(21-8-5-9-22-47)58-25-19-34-18-23-45(29-34,32-48-2)59-41-27-35-12-6-7-15-42(55)46(30-36-16-17-39(54)40(28-36)57-4)20-10-13-37(46)14-11-24-50-44(49-3)52-38(26-35)43(41)56/h7,15-17,26-28,33-34,37,48,51,53-54,56H,5-6,8-10,12-14,18-23,25,29-32H2,1-4H3,(H2,49,50,52). The van der Waals surface area contributed by atoms with Crippen molar-refractivity contribution >= 4 is 17.4 Å². The lowest BCUT2D eigenvalue weighted by Crippen LogP contribution is -2.51. The minimum Gasteiger partial charge on any atom is -0.504 e. The lowest BCUT2D eigenvalue weighted by molar-refractivity contribution is -0.125. The van der Waals surface area contributed by atoms with E-state index in [1.807, 2.05) is 37.4 Å². The van der Waals surface area contributed by atoms with Crippen LogP contribution in [0.4, 0.5) is 5.69 Å². The highest BCUT2D eigenvalue weighted by Crippen LogP contribution is 2.49. The maximum absolute atomic E-state index is 14.3. The number of carbonyl (C=O) groups is 1. The first-order valence-electron chi connectivity index (χ1n) is 21.8. The van der Waals surface area contributed by atoms with Gasteiger partial charge in [0.2, 0.25) is 5.96 Å². The SMILES string of the molecule is CN=C1NC#CCC2CCCC2(Cc2ccc(O)c(OC)c2)C(=O)C=CCCc2cc(c(O)c(OC3(CNC)CCC(CCOC4(NCC(C)O)CCCCC4)C3)c2)N1. The molecule has 7 N–H and O–H groups in total. The third-order valence-electron chi connectivity index (χ3n) is 13.1. The van der Waals surface area contributed by atoms with Crippen LogP contribution in [0.2, 0.25) is 0 Å². The van der Waals surface area contributed by atoms with E-state index < -0.39 is 17.1 Å². The summed E-state index contributed by atoms with van der Waals surface area (Å²) < 4.78 is 18.9. The summed E-state index contributed by atoms with van der Waals surface area (Å²) in [7, 11) is 5.13. The number of hydrogen-bond acceptors (Lipinski definition) is 10. The predicted molar refractivity (Wildman–Crippen MR) is 232 cm³/mol. The summed E-state index contributed by atoms with van der Waals surface area (Å²) in [6.07, 6.45) is 17.1. The van der Waals surface area contributed by atoms with Gasteiger partial charge in [-0.3, -0.25) is 20.4 Å². The lowest BCUT2D eigenvalue weighted by atomic mass is 9.69. The number of phenolic OH excluding ortho intramolecular Hbond substituents is 2. The number of aliphatic hydroxyl groups is 1. The van der Waals surface area contributed by atoms with Gasteiger partial charge in [-0.2, -0.15) is 0 Å². The van der Waals surface area contributed by atoms with Crippen molar-refractivity contribution in [2.24, 2.45) is 22.2 Å². The van der Waals surface area contributed by atoms with Gasteiger partial charge in [-0.05, 0) is 151 Å². The zero-order chi connectivity index (χ0) is 41.9. The van der Waals surface area contributed by atoms with E-state index >= 15 is 0 Å². The topological polar surface area (TPSA) is 166 Å². The number of guanidine groups is 1. The molecule has 0 spiro atoms. The predicted octanol–water partition coefficient (Wildman–Crippen LogP) is 6.72. The molecule has 2 bridgehead atoms. The Bertz CT molecular complexity index is 1860. The van der Waals surface area contributed by atoms with Gasteiger partial charge in [0.05, 0.1) is 18.9 Å². The fraction of sp³-hybridized carbons (Fsp3) is 0.617. The van der Waals surface area contributed by atoms with Gasteiger partial charge in [0.15, 0.2) is 28.8 Å². The molecule has 12 heteroatoms. The molecule has 12 nitrogen and oxygen atoms in total. The Balaban J connectivity index is 1.20. The summed E-state index contributed by atoms with van der Waals surface area (Å²) in [5, 5.41) is 45.2. The number of likely N-dealkylation sites (N-methyl/N-ethyl adjacent to an activating group) is 1. The van der Waals surface area contributed by atoms with E-state index in [2.05, 4.69) is 38.2 Å². The van der Waals surface area contributed by atoms with Crippen molar-refractivity contribution in [3.05, 3.63) is 53.6 Å². The number of aromatic hydroxyl groups is 2. The number of rotatable bonds is 14. The molecule has 2 aromatic carbocycles. The van der Waals surface area contributed by atoms with E-state index in [1.165, 1.54) is 13.5 Å². The van der Waals surface area contributed by atoms with Crippen LogP contribution in [0.1, 0.15) is 108 Å². The molecule has 0 aromatic heterocycles. The van der Waals surface area contributed by atoms with Crippen LogP contribution >= 0.6 is 0 Å². The highest BCUT2D eigenvalue weighted by atomic mass is 16.5. The molecule has 6 rings (SSSR count). The molecule has 0 amide bonds. The molecular formula is C47H67N5O7. The number of nitrogens with one attached hydrogen (secondary N) is 4. The maximum Gasteiger partial charge on any atom is 0.207 e. The summed E-state index contributed by atoms with van der Waals surface area (Å²) >= 11 is 0. The van der Waals surface area contributed by atoms with Crippen molar-refractivity contribution in [2.45, 2.75) is 127 Å². The number of ether oxygens (including phenoxy) is 3. The first kappa shape index (κ1) is 44.3. The number of methoxy groups -OCH3 is 1. The zero-order valence-corrected chi connectivity index (χ0v) is 35.6. The van der Waals surface area contributed by atoms with E-state index in [4.69, 9.17) is 14.2 Å². The van der Waals surface area contributed by atoms with Gasteiger partial charge in [-0.25, -0.2) is 0 Å². The zero-order valence-electron chi connectivity index (χ0n) is 35.6. The summed E-state index contributed by atoms with van der Waals surface area (Å²) in [5.74, 6) is 5.07. The number of carbonyl (C=O) groups excluding carboxylic acids is 1. The van der Waals surface area contributed by atoms with E-state index in [9.17, 15) is 20.1 Å². The molecule has 3 aliphatic carbocycles. The Morgan fingerprint density at radius 2 is 1.88 bits per heavy atom. The largest absolute Gasteiger partial charge is 0.504 e. The summed E-state index contributed by atoms with van der Waals surface area (Å²) in [6.45, 7) is 3.59. The Morgan fingerprint density at radius 3 is 2.64 bits per heavy atom. The van der Waals surface area contributed by atoms with Crippen LogP contribution < -0.4 is 30.7 Å². The highest BCUT2D eigenvalue weighted by molar-refractivity contribution is 5.97. The van der Waals surface area contributed by atoms with Crippen molar-refractivity contribution in [3.63, 3.8) is 0 Å². The molecule has 0 radical (unpaired) electrons. The summed E-state index contributed by atoms with van der Waals surface area (Å²) in [4.78, 5) is 18.7. The van der Waals surface area contributed by atoms with E-state index in [0.717, 1.165) is 81.8 Å². The second kappa shape index (κ2) is 20.3. The molecule has 3 fully saturated rings. The Kier molecular flexibility index (Phi) is 15.2. The number of hydrogen-bond donors (Lipinski definition) is 7. The van der Waals surface area contributed by atoms with E-state index in [1.54, 1.807) is 26.1 Å². The van der Waals surface area contributed by atoms with Gasteiger partial charge < -0.3 is 40.2 Å².